The minimum atomic E-state index is -0.964. The molecular weight excluding hydrogens is 220 g/mol. The number of hydrogen-bond donors (Lipinski definition) is 1. The van der Waals surface area contributed by atoms with E-state index in [-0.39, 0.29) is 5.56 Å². The van der Waals surface area contributed by atoms with Gasteiger partial charge in [-0.2, -0.15) is 0 Å². The molecule has 0 unspecified atom stereocenters. The molecule has 4 nitrogen and oxygen atoms in total. The Balaban J connectivity index is 2.60. The summed E-state index contributed by atoms with van der Waals surface area (Å²) in [7, 11) is 0. The lowest BCUT2D eigenvalue weighted by Gasteiger charge is -2.11. The molecule has 0 heterocycles. The minimum absolute atomic E-state index is 0.210. The van der Waals surface area contributed by atoms with E-state index in [1.54, 1.807) is 12.1 Å². The minimum Gasteiger partial charge on any atom is -0.492 e. The first kappa shape index (κ1) is 13.5. The SMILES string of the molecule is CCOCCCOc1c(C)cccc1C(=O)O. The highest BCUT2D eigenvalue weighted by Gasteiger charge is 2.12. The smallest absolute Gasteiger partial charge is 0.339 e. The van der Waals surface area contributed by atoms with E-state index in [0.717, 1.165) is 12.0 Å². The van der Waals surface area contributed by atoms with Gasteiger partial charge in [-0.15, -0.1) is 0 Å². The van der Waals surface area contributed by atoms with E-state index in [4.69, 9.17) is 14.6 Å². The van der Waals surface area contributed by atoms with Crippen molar-refractivity contribution in [2.45, 2.75) is 20.3 Å². The lowest BCUT2D eigenvalue weighted by Crippen LogP contribution is -2.08. The first-order valence-corrected chi connectivity index (χ1v) is 5.70. The highest BCUT2D eigenvalue weighted by Crippen LogP contribution is 2.23. The van der Waals surface area contributed by atoms with E-state index in [2.05, 4.69) is 0 Å². The van der Waals surface area contributed by atoms with Crippen molar-refractivity contribution in [1.82, 2.24) is 0 Å². The summed E-state index contributed by atoms with van der Waals surface area (Å²) in [6, 6.07) is 5.10. The lowest BCUT2D eigenvalue weighted by molar-refractivity contribution is 0.0691. The number of carboxylic acid groups (broad SMARTS) is 1. The molecule has 4 heteroatoms. The second kappa shape index (κ2) is 6.91. The van der Waals surface area contributed by atoms with Gasteiger partial charge in [0.2, 0.25) is 0 Å². The Kier molecular flexibility index (Phi) is 5.49. The topological polar surface area (TPSA) is 55.8 Å². The van der Waals surface area contributed by atoms with Crippen molar-refractivity contribution in [1.29, 1.82) is 0 Å². The molecule has 0 spiro atoms. The second-order valence-corrected chi connectivity index (χ2v) is 3.66. The van der Waals surface area contributed by atoms with Gasteiger partial charge in [0, 0.05) is 19.6 Å². The van der Waals surface area contributed by atoms with Gasteiger partial charge in [-0.3, -0.25) is 0 Å². The maximum atomic E-state index is 11.0. The number of rotatable bonds is 7. The van der Waals surface area contributed by atoms with Gasteiger partial charge in [0.25, 0.3) is 0 Å². The number of aromatic carboxylic acids is 1. The summed E-state index contributed by atoms with van der Waals surface area (Å²) < 4.78 is 10.7. The third-order valence-corrected chi connectivity index (χ3v) is 2.33. The second-order valence-electron chi connectivity index (χ2n) is 3.66. The standard InChI is InChI=1S/C13H18O4/c1-3-16-8-5-9-17-12-10(2)6-4-7-11(12)13(14)15/h4,6-7H,3,5,8-9H2,1-2H3,(H,14,15). The lowest BCUT2D eigenvalue weighted by atomic mass is 10.1. The molecule has 1 aromatic carbocycles. The van der Waals surface area contributed by atoms with Gasteiger partial charge >= 0.3 is 5.97 Å². The van der Waals surface area contributed by atoms with Gasteiger partial charge in [0.1, 0.15) is 11.3 Å². The molecule has 0 saturated heterocycles. The maximum absolute atomic E-state index is 11.0. The zero-order chi connectivity index (χ0) is 12.7. The monoisotopic (exact) mass is 238 g/mol. The molecule has 0 aliphatic heterocycles. The van der Waals surface area contributed by atoms with E-state index in [1.165, 1.54) is 0 Å². The Labute approximate surface area is 101 Å². The van der Waals surface area contributed by atoms with Gasteiger partial charge in [0.05, 0.1) is 6.61 Å². The highest BCUT2D eigenvalue weighted by atomic mass is 16.5. The summed E-state index contributed by atoms with van der Waals surface area (Å²) in [6.07, 6.45) is 0.751. The Hall–Kier alpha value is -1.55. The van der Waals surface area contributed by atoms with Crippen LogP contribution < -0.4 is 4.74 Å². The van der Waals surface area contributed by atoms with Crippen molar-refractivity contribution in [3.8, 4) is 5.75 Å². The van der Waals surface area contributed by atoms with Crippen molar-refractivity contribution >= 4 is 5.97 Å². The van der Waals surface area contributed by atoms with Crippen LogP contribution in [-0.4, -0.2) is 30.9 Å². The maximum Gasteiger partial charge on any atom is 0.339 e. The van der Waals surface area contributed by atoms with Crippen LogP contribution in [-0.2, 0) is 4.74 Å². The zero-order valence-electron chi connectivity index (χ0n) is 10.2. The van der Waals surface area contributed by atoms with Gasteiger partial charge in [-0.1, -0.05) is 12.1 Å². The molecule has 0 bridgehead atoms. The third-order valence-electron chi connectivity index (χ3n) is 2.33. The van der Waals surface area contributed by atoms with Crippen molar-refractivity contribution < 1.29 is 19.4 Å². The Morgan fingerprint density at radius 1 is 1.35 bits per heavy atom. The van der Waals surface area contributed by atoms with E-state index in [0.29, 0.717) is 25.6 Å². The average molecular weight is 238 g/mol. The van der Waals surface area contributed by atoms with Crippen LogP contribution in [0, 0.1) is 6.92 Å². The molecule has 94 valence electrons. The number of aryl methyl sites for hydroxylation is 1. The molecule has 1 aromatic rings. The van der Waals surface area contributed by atoms with Crippen molar-refractivity contribution in [3.05, 3.63) is 29.3 Å². The third kappa shape index (κ3) is 4.07. The number of benzene rings is 1. The fourth-order valence-corrected chi connectivity index (χ4v) is 1.49. The molecule has 1 rings (SSSR count). The van der Waals surface area contributed by atoms with Gasteiger partial charge in [-0.25, -0.2) is 4.79 Å². The van der Waals surface area contributed by atoms with Gasteiger partial charge in [-0.05, 0) is 25.5 Å². The molecule has 0 aromatic heterocycles. The summed E-state index contributed by atoms with van der Waals surface area (Å²) in [4.78, 5) is 11.0. The first-order chi connectivity index (χ1) is 8.16. The predicted molar refractivity (Wildman–Crippen MR) is 64.7 cm³/mol. The van der Waals surface area contributed by atoms with Crippen LogP contribution in [0.3, 0.4) is 0 Å². The van der Waals surface area contributed by atoms with Crippen LogP contribution in [0.5, 0.6) is 5.75 Å². The number of para-hydroxylation sites is 1. The fraction of sp³-hybridized carbons (Fsp3) is 0.462. The quantitative estimate of drug-likeness (QED) is 0.741. The van der Waals surface area contributed by atoms with Crippen LogP contribution in [0.15, 0.2) is 18.2 Å². The van der Waals surface area contributed by atoms with Crippen LogP contribution in [0.25, 0.3) is 0 Å². The molecule has 0 saturated carbocycles. The average Bonchev–Trinajstić information content (AvgIpc) is 2.30. The van der Waals surface area contributed by atoms with Gasteiger partial charge < -0.3 is 14.6 Å². The Morgan fingerprint density at radius 2 is 2.12 bits per heavy atom. The first-order valence-electron chi connectivity index (χ1n) is 5.70. The number of hydrogen-bond acceptors (Lipinski definition) is 3. The Morgan fingerprint density at radius 3 is 2.76 bits per heavy atom. The van der Waals surface area contributed by atoms with E-state index in [1.807, 2.05) is 19.9 Å². The summed E-state index contributed by atoms with van der Waals surface area (Å²) in [5, 5.41) is 9.03. The largest absolute Gasteiger partial charge is 0.492 e. The summed E-state index contributed by atoms with van der Waals surface area (Å²) in [5.74, 6) is -0.509. The summed E-state index contributed by atoms with van der Waals surface area (Å²) in [5.41, 5.74) is 1.04. The van der Waals surface area contributed by atoms with Crippen molar-refractivity contribution in [2.75, 3.05) is 19.8 Å². The highest BCUT2D eigenvalue weighted by molar-refractivity contribution is 5.91. The van der Waals surface area contributed by atoms with E-state index < -0.39 is 5.97 Å². The summed E-state index contributed by atoms with van der Waals surface area (Å²) >= 11 is 0. The molecule has 0 aliphatic rings. The normalized spacial score (nSPS) is 10.2. The van der Waals surface area contributed by atoms with E-state index in [9.17, 15) is 4.79 Å². The molecule has 0 aliphatic carbocycles. The molecule has 17 heavy (non-hydrogen) atoms. The number of carboxylic acids is 1. The van der Waals surface area contributed by atoms with Gasteiger partial charge in [0.15, 0.2) is 0 Å². The number of ether oxygens (including phenoxy) is 2. The fourth-order valence-electron chi connectivity index (χ4n) is 1.49. The van der Waals surface area contributed by atoms with Crippen LogP contribution >= 0.6 is 0 Å². The summed E-state index contributed by atoms with van der Waals surface area (Å²) in [6.45, 7) is 5.55. The van der Waals surface area contributed by atoms with E-state index >= 15 is 0 Å². The van der Waals surface area contributed by atoms with Crippen molar-refractivity contribution in [2.24, 2.45) is 0 Å². The molecule has 0 radical (unpaired) electrons. The molecule has 1 N–H and O–H groups in total. The van der Waals surface area contributed by atoms with Crippen LogP contribution in [0.2, 0.25) is 0 Å². The van der Waals surface area contributed by atoms with Crippen LogP contribution in [0.1, 0.15) is 29.3 Å². The molecular formula is C13H18O4. The Bertz CT molecular complexity index is 374. The number of carbonyl (C=O) groups is 1. The molecule has 0 fully saturated rings. The van der Waals surface area contributed by atoms with Crippen LogP contribution in [0.4, 0.5) is 0 Å². The van der Waals surface area contributed by atoms with Crippen molar-refractivity contribution in [3.63, 3.8) is 0 Å². The zero-order valence-corrected chi connectivity index (χ0v) is 10.2. The molecule has 0 atom stereocenters. The predicted octanol–water partition coefficient (Wildman–Crippen LogP) is 2.50. The molecule has 0 amide bonds.